The van der Waals surface area contributed by atoms with Crippen molar-refractivity contribution in [2.75, 3.05) is 13.2 Å². The maximum Gasteiger partial charge on any atom is 0.306 e. The lowest BCUT2D eigenvalue weighted by Gasteiger charge is -2.18. The molecule has 1 atom stereocenters. The summed E-state index contributed by atoms with van der Waals surface area (Å²) in [5.74, 6) is -0.899. The summed E-state index contributed by atoms with van der Waals surface area (Å²) in [6.07, 6.45) is 88.8. The summed E-state index contributed by atoms with van der Waals surface area (Å²) in [7, 11) is 0. The van der Waals surface area contributed by atoms with Gasteiger partial charge in [-0.1, -0.05) is 292 Å². The van der Waals surface area contributed by atoms with Crippen LogP contribution in [-0.4, -0.2) is 37.2 Å². The molecule has 0 saturated heterocycles. The lowest BCUT2D eigenvalue weighted by atomic mass is 10.0. The van der Waals surface area contributed by atoms with Gasteiger partial charge in [-0.3, -0.25) is 14.4 Å². The zero-order valence-electron chi connectivity index (χ0n) is 52.4. The second-order valence-corrected chi connectivity index (χ2v) is 22.7. The fraction of sp³-hybridized carbons (Fsp3) is 0.767. The Morgan fingerprint density at radius 1 is 0.266 bits per heavy atom. The van der Waals surface area contributed by atoms with Gasteiger partial charge in [-0.25, -0.2) is 0 Å². The molecule has 0 aliphatic heterocycles. The monoisotopic (exact) mass is 1100 g/mol. The van der Waals surface area contributed by atoms with Crippen molar-refractivity contribution >= 4 is 17.9 Å². The van der Waals surface area contributed by atoms with Crippen molar-refractivity contribution in [3.63, 3.8) is 0 Å². The third kappa shape index (κ3) is 65.3. The van der Waals surface area contributed by atoms with Gasteiger partial charge >= 0.3 is 17.9 Å². The van der Waals surface area contributed by atoms with Gasteiger partial charge in [-0.05, 0) is 116 Å². The van der Waals surface area contributed by atoms with E-state index in [-0.39, 0.29) is 31.1 Å². The number of hydrogen-bond acceptors (Lipinski definition) is 6. The highest BCUT2D eigenvalue weighted by Crippen LogP contribution is 2.17. The number of hydrogen-bond donors (Lipinski definition) is 0. The third-order valence-electron chi connectivity index (χ3n) is 14.9. The summed E-state index contributed by atoms with van der Waals surface area (Å²) < 4.78 is 17.0. The van der Waals surface area contributed by atoms with Gasteiger partial charge in [0.1, 0.15) is 13.2 Å². The highest BCUT2D eigenvalue weighted by molar-refractivity contribution is 5.71. The maximum absolute atomic E-state index is 12.9. The molecule has 6 heteroatoms. The molecule has 1 unspecified atom stereocenters. The Balaban J connectivity index is 4.38. The van der Waals surface area contributed by atoms with Gasteiger partial charge in [0.05, 0.1) is 0 Å². The summed E-state index contributed by atoms with van der Waals surface area (Å²) in [6.45, 7) is 6.54. The molecular weight excluding hydrogens is 973 g/mol. The molecule has 0 rings (SSSR count). The lowest BCUT2D eigenvalue weighted by Crippen LogP contribution is -2.30. The molecule has 0 heterocycles. The van der Waals surface area contributed by atoms with Crippen molar-refractivity contribution in [1.82, 2.24) is 0 Å². The van der Waals surface area contributed by atoms with Crippen molar-refractivity contribution in [1.29, 1.82) is 0 Å². The summed E-state index contributed by atoms with van der Waals surface area (Å²) in [4.78, 5) is 38.4. The quantitative estimate of drug-likeness (QED) is 0.0261. The molecule has 0 bridgehead atoms. The predicted octanol–water partition coefficient (Wildman–Crippen LogP) is 23.4. The van der Waals surface area contributed by atoms with Crippen molar-refractivity contribution in [3.8, 4) is 0 Å². The molecule has 0 aliphatic carbocycles. The van der Waals surface area contributed by atoms with Crippen LogP contribution in [0, 0.1) is 0 Å². The minimum absolute atomic E-state index is 0.0852. The molecular formula is C73H128O6. The number of allylic oxidation sites excluding steroid dienone is 14. The van der Waals surface area contributed by atoms with Crippen molar-refractivity contribution < 1.29 is 28.6 Å². The zero-order chi connectivity index (χ0) is 57.1. The number of rotatable bonds is 62. The minimum atomic E-state index is -0.792. The van der Waals surface area contributed by atoms with Crippen LogP contribution in [-0.2, 0) is 28.6 Å². The number of unbranched alkanes of at least 4 members (excludes halogenated alkanes) is 37. The fourth-order valence-corrected chi connectivity index (χ4v) is 9.76. The van der Waals surface area contributed by atoms with E-state index < -0.39 is 6.10 Å². The highest BCUT2D eigenvalue weighted by atomic mass is 16.6. The molecule has 0 saturated carbocycles. The molecule has 0 fully saturated rings. The Labute approximate surface area is 490 Å². The van der Waals surface area contributed by atoms with Gasteiger partial charge in [0.2, 0.25) is 0 Å². The Hall–Kier alpha value is -3.41. The molecule has 456 valence electrons. The Morgan fingerprint density at radius 2 is 0.494 bits per heavy atom. The Morgan fingerprint density at radius 3 is 0.785 bits per heavy atom. The highest BCUT2D eigenvalue weighted by Gasteiger charge is 2.19. The second kappa shape index (κ2) is 67.1. The lowest BCUT2D eigenvalue weighted by molar-refractivity contribution is -0.167. The van der Waals surface area contributed by atoms with Crippen molar-refractivity contribution in [2.24, 2.45) is 0 Å². The molecule has 0 aromatic heterocycles. The van der Waals surface area contributed by atoms with E-state index >= 15 is 0 Å². The standard InChI is InChI=1S/C73H128O6/c1-4-7-10-13-16-19-22-25-28-31-33-35-36-38-39-42-45-48-51-54-57-60-63-66-72(75)78-69-70(68-77-71(74)65-62-59-56-53-50-47-44-41-30-27-24-21-18-15-12-9-6-3)79-73(76)67-64-61-58-55-52-49-46-43-40-37-34-32-29-26-23-20-17-14-11-8-5-2/h9,12,18,21,23,26-27,30-34,44,47,70H,4-8,10-11,13-17,19-20,22,24-25,28-29,35-43,45-46,48-69H2,1-3H3/b12-9-,21-18-,26-23-,30-27-,33-31-,34-32-,47-44-. The van der Waals surface area contributed by atoms with E-state index in [4.69, 9.17) is 14.2 Å². The molecule has 0 amide bonds. The predicted molar refractivity (Wildman–Crippen MR) is 344 cm³/mol. The first-order valence-corrected chi connectivity index (χ1v) is 34.1. The Kier molecular flexibility index (Phi) is 64.2. The van der Waals surface area contributed by atoms with Crippen LogP contribution in [0.25, 0.3) is 0 Å². The van der Waals surface area contributed by atoms with Gasteiger partial charge in [-0.2, -0.15) is 0 Å². The van der Waals surface area contributed by atoms with E-state index in [2.05, 4.69) is 106 Å². The number of carbonyl (C=O) groups excluding carboxylic acids is 3. The molecule has 0 aromatic carbocycles. The van der Waals surface area contributed by atoms with Crippen LogP contribution in [0.3, 0.4) is 0 Å². The molecule has 0 aliphatic rings. The fourth-order valence-electron chi connectivity index (χ4n) is 9.76. The molecule has 79 heavy (non-hydrogen) atoms. The van der Waals surface area contributed by atoms with Crippen LogP contribution >= 0.6 is 0 Å². The largest absolute Gasteiger partial charge is 0.462 e. The first-order valence-electron chi connectivity index (χ1n) is 34.1. The summed E-state index contributed by atoms with van der Waals surface area (Å²) in [5.41, 5.74) is 0. The number of carbonyl (C=O) groups is 3. The van der Waals surface area contributed by atoms with E-state index in [1.54, 1.807) is 0 Å². The summed E-state index contributed by atoms with van der Waals surface area (Å²) in [6, 6.07) is 0. The van der Waals surface area contributed by atoms with Gasteiger partial charge in [0.25, 0.3) is 0 Å². The van der Waals surface area contributed by atoms with Crippen LogP contribution in [0.1, 0.15) is 342 Å². The number of esters is 3. The smallest absolute Gasteiger partial charge is 0.306 e. The van der Waals surface area contributed by atoms with Gasteiger partial charge in [0, 0.05) is 19.3 Å². The SMILES string of the molecule is CC/C=C\C/C=C\C/C=C\C/C=C\CCCCCCC(=O)OCC(COC(=O)CCCCCCCCCCCCC/C=C\CCCCCCCCCC)OC(=O)CCCCCCCCCCC/C=C\C/C=C\CCCCCCC. The first kappa shape index (κ1) is 75.6. The molecule has 0 aromatic rings. The molecule has 0 radical (unpaired) electrons. The van der Waals surface area contributed by atoms with Gasteiger partial charge in [-0.15, -0.1) is 0 Å². The normalized spacial score (nSPS) is 12.6. The molecule has 6 nitrogen and oxygen atoms in total. The Bertz CT molecular complexity index is 1500. The van der Waals surface area contributed by atoms with Crippen LogP contribution in [0.5, 0.6) is 0 Å². The van der Waals surface area contributed by atoms with Crippen molar-refractivity contribution in [2.45, 2.75) is 348 Å². The minimum Gasteiger partial charge on any atom is -0.462 e. The average molecular weight is 1100 g/mol. The van der Waals surface area contributed by atoms with Crippen LogP contribution < -0.4 is 0 Å². The first-order chi connectivity index (χ1) is 39.0. The van der Waals surface area contributed by atoms with Crippen LogP contribution in [0.2, 0.25) is 0 Å². The summed E-state index contributed by atoms with van der Waals surface area (Å²) in [5, 5.41) is 0. The third-order valence-corrected chi connectivity index (χ3v) is 14.9. The summed E-state index contributed by atoms with van der Waals surface area (Å²) >= 11 is 0. The van der Waals surface area contributed by atoms with Crippen molar-refractivity contribution in [3.05, 3.63) is 85.1 Å². The van der Waals surface area contributed by atoms with Gasteiger partial charge in [0.15, 0.2) is 6.10 Å². The van der Waals surface area contributed by atoms with Gasteiger partial charge < -0.3 is 14.2 Å². The molecule has 0 N–H and O–H groups in total. The van der Waals surface area contributed by atoms with E-state index in [0.717, 1.165) is 103 Å². The zero-order valence-corrected chi connectivity index (χ0v) is 52.4. The van der Waals surface area contributed by atoms with E-state index in [9.17, 15) is 14.4 Å². The maximum atomic E-state index is 12.9. The average Bonchev–Trinajstić information content (AvgIpc) is 3.45. The van der Waals surface area contributed by atoms with E-state index in [1.807, 2.05) is 0 Å². The van der Waals surface area contributed by atoms with E-state index in [1.165, 1.54) is 199 Å². The molecule has 0 spiro atoms. The topological polar surface area (TPSA) is 78.9 Å². The van der Waals surface area contributed by atoms with Crippen LogP contribution in [0.4, 0.5) is 0 Å². The number of ether oxygens (including phenoxy) is 3. The van der Waals surface area contributed by atoms with E-state index in [0.29, 0.717) is 19.3 Å². The second-order valence-electron chi connectivity index (χ2n) is 22.7. The van der Waals surface area contributed by atoms with Crippen LogP contribution in [0.15, 0.2) is 85.1 Å².